The van der Waals surface area contributed by atoms with Crippen molar-refractivity contribution in [3.8, 4) is 0 Å². The van der Waals surface area contributed by atoms with Crippen molar-refractivity contribution in [3.05, 3.63) is 82.5 Å². The van der Waals surface area contributed by atoms with Crippen molar-refractivity contribution in [1.82, 2.24) is 10.2 Å². The van der Waals surface area contributed by atoms with E-state index in [9.17, 15) is 35.9 Å². The molecule has 0 spiro atoms. The van der Waals surface area contributed by atoms with Gasteiger partial charge < -0.3 is 20.4 Å². The lowest BCUT2D eigenvalue weighted by Crippen LogP contribution is -2.62. The molecule has 1 aliphatic carbocycles. The van der Waals surface area contributed by atoms with E-state index in [4.69, 9.17) is 21.7 Å². The van der Waals surface area contributed by atoms with Gasteiger partial charge in [-0.25, -0.2) is 0 Å². The van der Waals surface area contributed by atoms with E-state index >= 15 is 0 Å². The molecule has 13 heteroatoms. The Morgan fingerprint density at radius 1 is 1.20 bits per heavy atom. The second kappa shape index (κ2) is 12.2. The first kappa shape index (κ1) is 32.1. The summed E-state index contributed by atoms with van der Waals surface area (Å²) in [5.74, 6) is -1.81. The van der Waals surface area contributed by atoms with Crippen molar-refractivity contribution in [1.29, 1.82) is 5.41 Å². The SMILES string of the molecule is C=C(C(=O)N1CCCC(OC2(C)C=CC(C(F)(F)F)=CC2)(C(=O)NCc2ccc(Cl)cc2)C1)/C(=C\C=N)C(F)(F)F. The number of benzene rings is 1. The maximum Gasteiger partial charge on any atom is 0.417 e. The van der Waals surface area contributed by atoms with E-state index in [0.29, 0.717) is 22.9 Å². The molecule has 0 saturated carbocycles. The Bertz CT molecular complexity index is 1290. The first-order valence-corrected chi connectivity index (χ1v) is 12.8. The summed E-state index contributed by atoms with van der Waals surface area (Å²) in [6.07, 6.45) is -5.86. The topological polar surface area (TPSA) is 82.5 Å². The normalized spacial score (nSPS) is 23.6. The molecule has 1 aliphatic heterocycles. The number of rotatable bonds is 8. The highest BCUT2D eigenvalue weighted by Crippen LogP contribution is 2.39. The molecule has 0 radical (unpaired) electrons. The summed E-state index contributed by atoms with van der Waals surface area (Å²) in [6, 6.07) is 6.56. The van der Waals surface area contributed by atoms with Crippen LogP contribution in [0.2, 0.25) is 5.02 Å². The minimum absolute atomic E-state index is 0.0200. The zero-order chi connectivity index (χ0) is 30.6. The van der Waals surface area contributed by atoms with Gasteiger partial charge in [0.2, 0.25) is 0 Å². The van der Waals surface area contributed by atoms with E-state index in [0.717, 1.165) is 17.1 Å². The van der Waals surface area contributed by atoms with Gasteiger partial charge in [-0.3, -0.25) is 9.59 Å². The number of halogens is 7. The van der Waals surface area contributed by atoms with E-state index < -0.39 is 58.6 Å². The number of amides is 2. The molecular formula is C28H28ClF6N3O3. The Kier molecular flexibility index (Phi) is 9.59. The van der Waals surface area contributed by atoms with Crippen molar-refractivity contribution in [2.45, 2.75) is 56.3 Å². The summed E-state index contributed by atoms with van der Waals surface area (Å²) < 4.78 is 86.4. The first-order chi connectivity index (χ1) is 19.0. The molecule has 3 rings (SSSR count). The number of hydrogen-bond donors (Lipinski definition) is 2. The third kappa shape index (κ3) is 7.88. The second-order valence-corrected chi connectivity index (χ2v) is 10.4. The fraction of sp³-hybridized carbons (Fsp3) is 0.393. The summed E-state index contributed by atoms with van der Waals surface area (Å²) >= 11 is 5.90. The van der Waals surface area contributed by atoms with Crippen LogP contribution in [0, 0.1) is 5.41 Å². The zero-order valence-electron chi connectivity index (χ0n) is 22.0. The van der Waals surface area contributed by atoms with Crippen LogP contribution in [0.4, 0.5) is 26.3 Å². The molecule has 0 bridgehead atoms. The van der Waals surface area contributed by atoms with Crippen molar-refractivity contribution in [2.24, 2.45) is 0 Å². The van der Waals surface area contributed by atoms with E-state index in [1.165, 1.54) is 13.0 Å². The van der Waals surface area contributed by atoms with Gasteiger partial charge in [0.25, 0.3) is 11.8 Å². The molecular weight excluding hydrogens is 576 g/mol. The number of nitrogens with zero attached hydrogens (tertiary/aromatic N) is 1. The molecule has 2 amide bonds. The van der Waals surface area contributed by atoms with Gasteiger partial charge in [-0.2, -0.15) is 26.3 Å². The fourth-order valence-electron chi connectivity index (χ4n) is 4.66. The largest absolute Gasteiger partial charge is 0.417 e. The number of piperidine rings is 1. The Morgan fingerprint density at radius 3 is 2.39 bits per heavy atom. The summed E-state index contributed by atoms with van der Waals surface area (Å²) in [5, 5.41) is 10.2. The van der Waals surface area contributed by atoms with Gasteiger partial charge in [-0.1, -0.05) is 48.5 Å². The van der Waals surface area contributed by atoms with Crippen LogP contribution >= 0.6 is 11.6 Å². The molecule has 2 N–H and O–H groups in total. The van der Waals surface area contributed by atoms with Crippen LogP contribution in [-0.4, -0.2) is 59.6 Å². The predicted molar refractivity (Wildman–Crippen MR) is 141 cm³/mol. The Balaban J connectivity index is 1.91. The van der Waals surface area contributed by atoms with Crippen LogP contribution in [0.5, 0.6) is 0 Å². The van der Waals surface area contributed by atoms with Crippen LogP contribution in [0.25, 0.3) is 0 Å². The summed E-state index contributed by atoms with van der Waals surface area (Å²) in [7, 11) is 0. The summed E-state index contributed by atoms with van der Waals surface area (Å²) in [4.78, 5) is 27.8. The Hall–Kier alpha value is -3.38. The van der Waals surface area contributed by atoms with Crippen LogP contribution in [0.15, 0.2) is 71.9 Å². The van der Waals surface area contributed by atoms with Crippen molar-refractivity contribution in [3.63, 3.8) is 0 Å². The lowest BCUT2D eigenvalue weighted by Gasteiger charge is -2.46. The Morgan fingerprint density at radius 2 is 1.85 bits per heavy atom. The van der Waals surface area contributed by atoms with Crippen molar-refractivity contribution >= 4 is 29.6 Å². The number of hydrogen-bond acceptors (Lipinski definition) is 4. The monoisotopic (exact) mass is 603 g/mol. The van der Waals surface area contributed by atoms with Crippen LogP contribution in [-0.2, 0) is 20.9 Å². The highest BCUT2D eigenvalue weighted by atomic mass is 35.5. The first-order valence-electron chi connectivity index (χ1n) is 12.5. The molecule has 2 unspecified atom stereocenters. The third-order valence-corrected chi connectivity index (χ3v) is 7.01. The Labute approximate surface area is 237 Å². The number of carbonyl (C=O) groups is 2. The molecule has 41 heavy (non-hydrogen) atoms. The molecule has 1 aromatic carbocycles. The molecule has 1 heterocycles. The quantitative estimate of drug-likeness (QED) is 0.160. The van der Waals surface area contributed by atoms with E-state index in [1.54, 1.807) is 24.3 Å². The molecule has 6 nitrogen and oxygen atoms in total. The standard InChI is InChI=1S/C28H28ClF6N3O3/c1-18(22(10-14-36)28(33,34)35)23(39)38-15-3-11-26(17-38,24(40)37-16-19-4-6-21(29)7-5-19)41-25(2)12-8-20(9-13-25)27(30,31)32/h4-10,12,14,36H,1,3,11,13,15-17H2,2H3,(H,37,40)/b22-10+,36-14?. The maximum atomic E-state index is 13.7. The average Bonchev–Trinajstić information content (AvgIpc) is 2.89. The van der Waals surface area contributed by atoms with Crippen LogP contribution in [0.1, 0.15) is 31.7 Å². The highest BCUT2D eigenvalue weighted by molar-refractivity contribution is 6.30. The van der Waals surface area contributed by atoms with Gasteiger partial charge in [0, 0.05) is 29.9 Å². The van der Waals surface area contributed by atoms with Gasteiger partial charge in [0.05, 0.1) is 23.3 Å². The van der Waals surface area contributed by atoms with Gasteiger partial charge in [0.15, 0.2) is 5.60 Å². The molecule has 2 aliphatic rings. The van der Waals surface area contributed by atoms with Gasteiger partial charge in [-0.15, -0.1) is 0 Å². The van der Waals surface area contributed by atoms with Gasteiger partial charge in [-0.05, 0) is 50.0 Å². The number of carbonyl (C=O) groups excluding carboxylic acids is 2. The molecule has 2 atom stereocenters. The third-order valence-electron chi connectivity index (χ3n) is 6.76. The smallest absolute Gasteiger partial charge is 0.353 e. The number of alkyl halides is 6. The summed E-state index contributed by atoms with van der Waals surface area (Å²) in [5.41, 5.74) is -5.74. The second-order valence-electron chi connectivity index (χ2n) is 9.97. The maximum absolute atomic E-state index is 13.7. The molecule has 1 aromatic rings. The molecule has 222 valence electrons. The van der Waals surface area contributed by atoms with E-state index in [2.05, 4.69) is 11.9 Å². The lowest BCUT2D eigenvalue weighted by molar-refractivity contribution is -0.179. The number of nitrogens with one attached hydrogen (secondary N) is 2. The van der Waals surface area contributed by atoms with Crippen molar-refractivity contribution < 1.29 is 40.7 Å². The van der Waals surface area contributed by atoms with E-state index in [-0.39, 0.29) is 32.4 Å². The number of ether oxygens (including phenoxy) is 1. The zero-order valence-corrected chi connectivity index (χ0v) is 22.7. The number of allylic oxidation sites excluding steroid dienone is 3. The van der Waals surface area contributed by atoms with E-state index in [1.807, 2.05) is 0 Å². The summed E-state index contributed by atoms with van der Waals surface area (Å²) in [6.45, 7) is 4.29. The van der Waals surface area contributed by atoms with Gasteiger partial charge >= 0.3 is 12.4 Å². The number of likely N-dealkylation sites (tertiary alicyclic amines) is 1. The predicted octanol–water partition coefficient (Wildman–Crippen LogP) is 6.24. The van der Waals surface area contributed by atoms with Gasteiger partial charge in [0.1, 0.15) is 0 Å². The fourth-order valence-corrected chi connectivity index (χ4v) is 4.78. The van der Waals surface area contributed by atoms with Crippen LogP contribution < -0.4 is 5.32 Å². The molecule has 1 saturated heterocycles. The van der Waals surface area contributed by atoms with Crippen LogP contribution in [0.3, 0.4) is 0 Å². The average molecular weight is 604 g/mol. The molecule has 1 fully saturated rings. The minimum Gasteiger partial charge on any atom is -0.353 e. The highest BCUT2D eigenvalue weighted by Gasteiger charge is 2.50. The van der Waals surface area contributed by atoms with Crippen molar-refractivity contribution in [2.75, 3.05) is 13.1 Å². The lowest BCUT2D eigenvalue weighted by atomic mass is 9.87. The molecule has 0 aromatic heterocycles. The minimum atomic E-state index is -4.97.